The number of imidazole rings is 1. The molecular weight excluding hydrogens is 414 g/mol. The van der Waals surface area contributed by atoms with Crippen molar-refractivity contribution in [2.75, 3.05) is 20.3 Å². The number of aryl methyl sites for hydroxylation is 2. The fourth-order valence-corrected chi connectivity index (χ4v) is 4.12. The molecule has 0 spiro atoms. The fraction of sp³-hybridized carbons (Fsp3) is 0.481. The molecule has 1 N–H and O–H groups in total. The van der Waals surface area contributed by atoms with E-state index >= 15 is 0 Å². The minimum absolute atomic E-state index is 0.118. The van der Waals surface area contributed by atoms with Crippen molar-refractivity contribution in [3.8, 4) is 11.5 Å². The molecule has 6 heteroatoms. The molecule has 1 aromatic heterocycles. The Labute approximate surface area is 197 Å². The summed E-state index contributed by atoms with van der Waals surface area (Å²) in [5, 5.41) is 3.09. The third-order valence-corrected chi connectivity index (χ3v) is 6.07. The zero-order chi connectivity index (χ0) is 23.5. The number of fused-ring (bicyclic) bond motifs is 1. The van der Waals surface area contributed by atoms with Gasteiger partial charge in [-0.05, 0) is 56.4 Å². The zero-order valence-corrected chi connectivity index (χ0v) is 20.2. The van der Waals surface area contributed by atoms with Crippen LogP contribution in [0.1, 0.15) is 51.8 Å². The lowest BCUT2D eigenvalue weighted by atomic mass is 10.0. The number of aromatic nitrogens is 2. The molecule has 6 nitrogen and oxygen atoms in total. The molecule has 0 atom stereocenters. The third kappa shape index (κ3) is 6.73. The summed E-state index contributed by atoms with van der Waals surface area (Å²) >= 11 is 0. The molecule has 178 valence electrons. The third-order valence-electron chi connectivity index (χ3n) is 6.07. The normalized spacial score (nSPS) is 11.2. The molecule has 1 heterocycles. The maximum atomic E-state index is 12.2. The Morgan fingerprint density at radius 1 is 1.00 bits per heavy atom. The maximum Gasteiger partial charge on any atom is 0.223 e. The lowest BCUT2D eigenvalue weighted by Crippen LogP contribution is -2.31. The van der Waals surface area contributed by atoms with Gasteiger partial charge in [-0.15, -0.1) is 0 Å². The average Bonchev–Trinajstić information content (AvgIpc) is 3.20. The lowest BCUT2D eigenvalue weighted by Gasteiger charge is -2.13. The number of carbonyl (C=O) groups excluding carboxylic acids is 1. The first kappa shape index (κ1) is 24.6. The predicted molar refractivity (Wildman–Crippen MR) is 133 cm³/mol. The van der Waals surface area contributed by atoms with E-state index in [-0.39, 0.29) is 11.8 Å². The van der Waals surface area contributed by atoms with Crippen LogP contribution in [0.2, 0.25) is 0 Å². The van der Waals surface area contributed by atoms with E-state index in [1.807, 2.05) is 30.3 Å². The fourth-order valence-electron chi connectivity index (χ4n) is 4.12. The van der Waals surface area contributed by atoms with Crippen molar-refractivity contribution in [3.05, 3.63) is 54.4 Å². The second kappa shape index (κ2) is 12.9. The van der Waals surface area contributed by atoms with Crippen LogP contribution in [-0.2, 0) is 17.8 Å². The first-order chi connectivity index (χ1) is 16.2. The van der Waals surface area contributed by atoms with E-state index in [1.165, 1.54) is 5.52 Å². The molecule has 3 aromatic rings. The summed E-state index contributed by atoms with van der Waals surface area (Å²) < 4.78 is 13.6. The van der Waals surface area contributed by atoms with Gasteiger partial charge in [0.05, 0.1) is 24.8 Å². The van der Waals surface area contributed by atoms with Gasteiger partial charge < -0.3 is 19.4 Å². The SMILES string of the molecule is CCC(CC)C(=O)NCCCc1nc2ccccc2n1CCCCOc1ccccc1OC. The molecule has 0 bridgehead atoms. The topological polar surface area (TPSA) is 65.4 Å². The maximum absolute atomic E-state index is 12.2. The number of hydrogen-bond acceptors (Lipinski definition) is 4. The van der Waals surface area contributed by atoms with Crippen LogP contribution in [0, 0.1) is 5.92 Å². The van der Waals surface area contributed by atoms with E-state index in [2.05, 4.69) is 41.9 Å². The summed E-state index contributed by atoms with van der Waals surface area (Å²) in [4.78, 5) is 17.1. The highest BCUT2D eigenvalue weighted by molar-refractivity contribution is 5.78. The van der Waals surface area contributed by atoms with Crippen molar-refractivity contribution in [1.82, 2.24) is 14.9 Å². The highest BCUT2D eigenvalue weighted by Gasteiger charge is 2.14. The molecule has 0 fully saturated rings. The number of carbonyl (C=O) groups is 1. The van der Waals surface area contributed by atoms with Gasteiger partial charge in [-0.25, -0.2) is 4.98 Å². The van der Waals surface area contributed by atoms with Crippen LogP contribution in [0.3, 0.4) is 0 Å². The Hall–Kier alpha value is -3.02. The minimum atomic E-state index is 0.118. The van der Waals surface area contributed by atoms with E-state index in [0.717, 1.165) is 67.9 Å². The highest BCUT2D eigenvalue weighted by Crippen LogP contribution is 2.26. The first-order valence-corrected chi connectivity index (χ1v) is 12.2. The lowest BCUT2D eigenvalue weighted by molar-refractivity contribution is -0.125. The van der Waals surface area contributed by atoms with Crippen molar-refractivity contribution < 1.29 is 14.3 Å². The standard InChI is InChI=1S/C27H37N3O3/c1-4-21(5-2)27(31)28-18-12-17-26-29-22-13-6-7-14-23(22)30(26)19-10-11-20-33-25-16-9-8-15-24(25)32-3/h6-9,13-16,21H,4-5,10-12,17-20H2,1-3H3,(H,28,31). The number of rotatable bonds is 14. The number of hydrogen-bond donors (Lipinski definition) is 1. The number of para-hydroxylation sites is 4. The van der Waals surface area contributed by atoms with Gasteiger partial charge in [-0.3, -0.25) is 4.79 Å². The molecule has 3 rings (SSSR count). The van der Waals surface area contributed by atoms with Crippen molar-refractivity contribution in [2.24, 2.45) is 5.92 Å². The molecule has 0 aliphatic carbocycles. The number of amides is 1. The predicted octanol–water partition coefficient (Wildman–Crippen LogP) is 5.39. The summed E-state index contributed by atoms with van der Waals surface area (Å²) in [7, 11) is 1.66. The van der Waals surface area contributed by atoms with Gasteiger partial charge in [-0.2, -0.15) is 0 Å². The van der Waals surface area contributed by atoms with Gasteiger partial charge in [-0.1, -0.05) is 38.1 Å². The van der Waals surface area contributed by atoms with Crippen LogP contribution in [0.4, 0.5) is 0 Å². The molecule has 2 aromatic carbocycles. The zero-order valence-electron chi connectivity index (χ0n) is 20.2. The van der Waals surface area contributed by atoms with Crippen LogP contribution in [0.25, 0.3) is 11.0 Å². The average molecular weight is 452 g/mol. The number of unbranched alkanes of at least 4 members (excludes halogenated alkanes) is 1. The number of methoxy groups -OCH3 is 1. The van der Waals surface area contributed by atoms with Gasteiger partial charge in [0.2, 0.25) is 5.91 Å². The largest absolute Gasteiger partial charge is 0.493 e. The number of nitrogens with zero attached hydrogens (tertiary/aromatic N) is 2. The molecule has 0 aliphatic heterocycles. The molecule has 0 saturated carbocycles. The summed E-state index contributed by atoms with van der Waals surface area (Å²) in [6, 6.07) is 16.0. The highest BCUT2D eigenvalue weighted by atomic mass is 16.5. The molecule has 0 saturated heterocycles. The van der Waals surface area contributed by atoms with Crippen molar-refractivity contribution in [1.29, 1.82) is 0 Å². The first-order valence-electron chi connectivity index (χ1n) is 12.2. The molecule has 0 radical (unpaired) electrons. The molecule has 0 unspecified atom stereocenters. The van der Waals surface area contributed by atoms with Gasteiger partial charge >= 0.3 is 0 Å². The van der Waals surface area contributed by atoms with Crippen LogP contribution in [-0.4, -0.2) is 35.7 Å². The molecule has 1 amide bonds. The molecule has 0 aliphatic rings. The Morgan fingerprint density at radius 2 is 1.73 bits per heavy atom. The van der Waals surface area contributed by atoms with Gasteiger partial charge in [0, 0.05) is 25.4 Å². The van der Waals surface area contributed by atoms with Gasteiger partial charge in [0.15, 0.2) is 11.5 Å². The minimum Gasteiger partial charge on any atom is -0.493 e. The van der Waals surface area contributed by atoms with E-state index in [4.69, 9.17) is 14.5 Å². The quantitative estimate of drug-likeness (QED) is 0.334. The number of ether oxygens (including phenoxy) is 2. The number of nitrogens with one attached hydrogen (secondary N) is 1. The second-order valence-corrected chi connectivity index (χ2v) is 8.28. The molecule has 33 heavy (non-hydrogen) atoms. The second-order valence-electron chi connectivity index (χ2n) is 8.28. The smallest absolute Gasteiger partial charge is 0.223 e. The van der Waals surface area contributed by atoms with E-state index in [1.54, 1.807) is 7.11 Å². The summed E-state index contributed by atoms with van der Waals surface area (Å²) in [5.41, 5.74) is 2.19. The molecular formula is C27H37N3O3. The van der Waals surface area contributed by atoms with Crippen molar-refractivity contribution >= 4 is 16.9 Å². The van der Waals surface area contributed by atoms with Crippen molar-refractivity contribution in [2.45, 2.75) is 58.9 Å². The Kier molecular flexibility index (Phi) is 9.60. The monoisotopic (exact) mass is 451 g/mol. The Bertz CT molecular complexity index is 1010. The van der Waals surface area contributed by atoms with Gasteiger partial charge in [0.1, 0.15) is 5.82 Å². The Morgan fingerprint density at radius 3 is 2.48 bits per heavy atom. The van der Waals surface area contributed by atoms with E-state index < -0.39 is 0 Å². The van der Waals surface area contributed by atoms with Gasteiger partial charge in [0.25, 0.3) is 0 Å². The van der Waals surface area contributed by atoms with Crippen molar-refractivity contribution in [3.63, 3.8) is 0 Å². The Balaban J connectivity index is 1.52. The van der Waals surface area contributed by atoms with E-state index in [0.29, 0.717) is 13.2 Å². The van der Waals surface area contributed by atoms with Crippen LogP contribution >= 0.6 is 0 Å². The van der Waals surface area contributed by atoms with Crippen LogP contribution < -0.4 is 14.8 Å². The summed E-state index contributed by atoms with van der Waals surface area (Å²) in [6.45, 7) is 6.36. The van der Waals surface area contributed by atoms with E-state index in [9.17, 15) is 4.79 Å². The van der Waals surface area contributed by atoms with Crippen LogP contribution in [0.5, 0.6) is 11.5 Å². The summed E-state index contributed by atoms with van der Waals surface area (Å²) in [5.74, 6) is 2.91. The van der Waals surface area contributed by atoms with Crippen LogP contribution in [0.15, 0.2) is 48.5 Å². The number of benzene rings is 2. The summed E-state index contributed by atoms with van der Waals surface area (Å²) in [6.07, 6.45) is 5.43.